The highest BCUT2D eigenvalue weighted by molar-refractivity contribution is 5.43. The van der Waals surface area contributed by atoms with Gasteiger partial charge in [0.05, 0.1) is 6.61 Å². The van der Waals surface area contributed by atoms with Gasteiger partial charge in [-0.2, -0.15) is 0 Å². The van der Waals surface area contributed by atoms with Crippen molar-refractivity contribution in [2.75, 3.05) is 27.2 Å². The summed E-state index contributed by atoms with van der Waals surface area (Å²) in [5, 5.41) is 0. The Labute approximate surface area is 137 Å². The molecule has 0 amide bonds. The quantitative estimate of drug-likeness (QED) is 0.828. The molecule has 1 aliphatic rings. The van der Waals surface area contributed by atoms with Crippen LogP contribution in [0.15, 0.2) is 48.5 Å². The van der Waals surface area contributed by atoms with Crippen LogP contribution in [0.3, 0.4) is 0 Å². The molecule has 2 aromatic carbocycles. The monoisotopic (exact) mass is 313 g/mol. The van der Waals surface area contributed by atoms with E-state index in [1.54, 1.807) is 0 Å². The van der Waals surface area contributed by atoms with Crippen molar-refractivity contribution in [3.8, 4) is 0 Å². The Balaban J connectivity index is 2.02. The number of benzene rings is 2. The normalized spacial score (nSPS) is 20.5. The molecule has 0 aromatic heterocycles. The Morgan fingerprint density at radius 3 is 2.57 bits per heavy atom. The number of fused-ring (bicyclic) bond motifs is 1. The first-order valence-corrected chi connectivity index (χ1v) is 8.25. The second-order valence-electron chi connectivity index (χ2n) is 6.50. The maximum Gasteiger partial charge on any atom is 0.123 e. The van der Waals surface area contributed by atoms with Crippen molar-refractivity contribution in [3.05, 3.63) is 71.0 Å². The first-order chi connectivity index (χ1) is 11.1. The Morgan fingerprint density at radius 1 is 1.09 bits per heavy atom. The number of halogens is 1. The molecule has 0 aliphatic carbocycles. The standard InChI is InChI=1S/C20H24FNO/c1-22(2)14-5-13-20(17-8-10-18(21)11-9-17)19-7-4-3-6-16(19)12-15-23-20/h3-4,6-11H,5,12-15H2,1-2H3. The SMILES string of the molecule is CN(C)CCCC1(c2ccc(F)cc2)OCCc2ccccc21. The highest BCUT2D eigenvalue weighted by Gasteiger charge is 2.39. The van der Waals surface area contributed by atoms with Gasteiger partial charge in [0.2, 0.25) is 0 Å². The fourth-order valence-electron chi connectivity index (χ4n) is 3.50. The zero-order valence-corrected chi connectivity index (χ0v) is 13.9. The first kappa shape index (κ1) is 16.2. The van der Waals surface area contributed by atoms with Crippen LogP contribution in [0.1, 0.15) is 29.5 Å². The molecule has 0 bridgehead atoms. The lowest BCUT2D eigenvalue weighted by molar-refractivity contribution is -0.0367. The lowest BCUT2D eigenvalue weighted by Gasteiger charge is -2.40. The fourth-order valence-corrected chi connectivity index (χ4v) is 3.50. The molecule has 122 valence electrons. The average molecular weight is 313 g/mol. The Bertz CT molecular complexity index is 653. The van der Waals surface area contributed by atoms with Crippen molar-refractivity contribution >= 4 is 0 Å². The molecule has 1 heterocycles. The molecule has 0 fully saturated rings. The van der Waals surface area contributed by atoms with E-state index in [2.05, 4.69) is 43.3 Å². The predicted octanol–water partition coefficient (Wildman–Crippen LogP) is 3.98. The molecule has 0 saturated heterocycles. The molecule has 3 heteroatoms. The molecule has 1 atom stereocenters. The fraction of sp³-hybridized carbons (Fsp3) is 0.400. The summed E-state index contributed by atoms with van der Waals surface area (Å²) in [7, 11) is 4.17. The molecule has 0 spiro atoms. The van der Waals surface area contributed by atoms with E-state index < -0.39 is 5.60 Å². The van der Waals surface area contributed by atoms with E-state index in [0.717, 1.165) is 31.4 Å². The van der Waals surface area contributed by atoms with Gasteiger partial charge in [0.25, 0.3) is 0 Å². The summed E-state index contributed by atoms with van der Waals surface area (Å²) >= 11 is 0. The third kappa shape index (κ3) is 3.31. The number of rotatable bonds is 5. The van der Waals surface area contributed by atoms with Crippen LogP contribution < -0.4 is 0 Å². The average Bonchev–Trinajstić information content (AvgIpc) is 2.55. The second-order valence-corrected chi connectivity index (χ2v) is 6.50. The largest absolute Gasteiger partial charge is 0.365 e. The van der Waals surface area contributed by atoms with E-state index in [1.165, 1.54) is 23.3 Å². The molecule has 3 rings (SSSR count). The van der Waals surface area contributed by atoms with Crippen LogP contribution in [0.25, 0.3) is 0 Å². The summed E-state index contributed by atoms with van der Waals surface area (Å²) in [4.78, 5) is 2.19. The molecular formula is C20H24FNO. The number of nitrogens with zero attached hydrogens (tertiary/aromatic N) is 1. The van der Waals surface area contributed by atoms with E-state index in [9.17, 15) is 4.39 Å². The maximum atomic E-state index is 13.4. The summed E-state index contributed by atoms with van der Waals surface area (Å²) in [6, 6.07) is 15.3. The van der Waals surface area contributed by atoms with E-state index in [0.29, 0.717) is 6.61 Å². The van der Waals surface area contributed by atoms with Gasteiger partial charge in [0, 0.05) is 0 Å². The van der Waals surface area contributed by atoms with E-state index >= 15 is 0 Å². The maximum absolute atomic E-state index is 13.4. The van der Waals surface area contributed by atoms with Crippen LogP contribution in [0.4, 0.5) is 4.39 Å². The van der Waals surface area contributed by atoms with E-state index in [-0.39, 0.29) is 5.82 Å². The summed E-state index contributed by atoms with van der Waals surface area (Å²) < 4.78 is 19.7. The minimum Gasteiger partial charge on any atom is -0.365 e. The van der Waals surface area contributed by atoms with Crippen LogP contribution in [0.2, 0.25) is 0 Å². The van der Waals surface area contributed by atoms with Gasteiger partial charge in [0.15, 0.2) is 0 Å². The molecule has 2 aromatic rings. The van der Waals surface area contributed by atoms with Gasteiger partial charge < -0.3 is 9.64 Å². The summed E-state index contributed by atoms with van der Waals surface area (Å²) in [5.74, 6) is -0.207. The van der Waals surface area contributed by atoms with E-state index in [4.69, 9.17) is 4.74 Å². The summed E-state index contributed by atoms with van der Waals surface area (Å²) in [6.45, 7) is 1.71. The molecule has 0 saturated carbocycles. The second kappa shape index (κ2) is 6.81. The Morgan fingerprint density at radius 2 is 1.83 bits per heavy atom. The van der Waals surface area contributed by atoms with Gasteiger partial charge in [-0.05, 0) is 68.7 Å². The van der Waals surface area contributed by atoms with Crippen LogP contribution in [0.5, 0.6) is 0 Å². The van der Waals surface area contributed by atoms with Crippen molar-refractivity contribution < 1.29 is 9.13 Å². The smallest absolute Gasteiger partial charge is 0.123 e. The lowest BCUT2D eigenvalue weighted by atomic mass is 9.78. The molecule has 2 nitrogen and oxygen atoms in total. The van der Waals surface area contributed by atoms with Crippen molar-refractivity contribution in [1.29, 1.82) is 0 Å². The molecule has 0 radical (unpaired) electrons. The highest BCUT2D eigenvalue weighted by atomic mass is 19.1. The highest BCUT2D eigenvalue weighted by Crippen LogP contribution is 2.42. The molecule has 23 heavy (non-hydrogen) atoms. The van der Waals surface area contributed by atoms with Gasteiger partial charge in [-0.15, -0.1) is 0 Å². The van der Waals surface area contributed by atoms with Gasteiger partial charge in [-0.25, -0.2) is 4.39 Å². The molecule has 1 aliphatic heterocycles. The number of ether oxygens (including phenoxy) is 1. The number of hydrogen-bond acceptors (Lipinski definition) is 2. The van der Waals surface area contributed by atoms with Crippen molar-refractivity contribution in [1.82, 2.24) is 4.90 Å². The van der Waals surface area contributed by atoms with Crippen molar-refractivity contribution in [3.63, 3.8) is 0 Å². The van der Waals surface area contributed by atoms with Crippen LogP contribution >= 0.6 is 0 Å². The van der Waals surface area contributed by atoms with Crippen LogP contribution in [0, 0.1) is 5.82 Å². The number of hydrogen-bond donors (Lipinski definition) is 0. The van der Waals surface area contributed by atoms with Gasteiger partial charge in [-0.3, -0.25) is 0 Å². The molecule has 0 N–H and O–H groups in total. The zero-order valence-electron chi connectivity index (χ0n) is 13.9. The van der Waals surface area contributed by atoms with Gasteiger partial charge in [0.1, 0.15) is 11.4 Å². The lowest BCUT2D eigenvalue weighted by Crippen LogP contribution is -2.37. The Kier molecular flexibility index (Phi) is 4.79. The van der Waals surface area contributed by atoms with Gasteiger partial charge >= 0.3 is 0 Å². The minimum atomic E-state index is -0.460. The predicted molar refractivity (Wildman–Crippen MR) is 91.1 cm³/mol. The third-order valence-corrected chi connectivity index (χ3v) is 4.62. The molecule has 1 unspecified atom stereocenters. The minimum absolute atomic E-state index is 0.207. The molecular weight excluding hydrogens is 289 g/mol. The summed E-state index contributed by atoms with van der Waals surface area (Å²) in [6.07, 6.45) is 2.86. The van der Waals surface area contributed by atoms with Crippen LogP contribution in [-0.2, 0) is 16.8 Å². The topological polar surface area (TPSA) is 12.5 Å². The Hall–Kier alpha value is -1.71. The van der Waals surface area contributed by atoms with Crippen molar-refractivity contribution in [2.45, 2.75) is 24.9 Å². The van der Waals surface area contributed by atoms with Gasteiger partial charge in [-0.1, -0.05) is 36.4 Å². The first-order valence-electron chi connectivity index (χ1n) is 8.25. The van der Waals surface area contributed by atoms with Crippen LogP contribution in [-0.4, -0.2) is 32.1 Å². The summed E-state index contributed by atoms with van der Waals surface area (Å²) in [5.41, 5.74) is 3.16. The van der Waals surface area contributed by atoms with E-state index in [1.807, 2.05) is 12.1 Å². The van der Waals surface area contributed by atoms with Crippen molar-refractivity contribution in [2.24, 2.45) is 0 Å². The third-order valence-electron chi connectivity index (χ3n) is 4.62. The zero-order chi connectivity index (χ0) is 16.3.